The number of ketones is 2. The molecule has 1 aliphatic rings. The van der Waals surface area contributed by atoms with Gasteiger partial charge >= 0.3 is 5.97 Å². The van der Waals surface area contributed by atoms with Crippen molar-refractivity contribution in [3.05, 3.63) is 58.1 Å². The van der Waals surface area contributed by atoms with E-state index < -0.39 is 17.5 Å². The molecule has 1 aromatic carbocycles. The zero-order valence-corrected chi connectivity index (χ0v) is 11.3. The molecular weight excluding hydrogens is 312 g/mol. The minimum Gasteiger partial charge on any atom is -0.457 e. The second-order valence-corrected chi connectivity index (χ2v) is 4.61. The summed E-state index contributed by atoms with van der Waals surface area (Å²) < 4.78 is 4.97. The maximum atomic E-state index is 11.8. The molecule has 0 fully saturated rings. The highest BCUT2D eigenvalue weighted by Gasteiger charge is 2.27. The summed E-state index contributed by atoms with van der Waals surface area (Å²) in [5.41, 5.74) is 0.543. The van der Waals surface area contributed by atoms with Crippen LogP contribution in [0, 0.1) is 0 Å². The molecule has 0 unspecified atom stereocenters. The second kappa shape index (κ2) is 5.75. The zero-order chi connectivity index (χ0) is 13.8. The fourth-order valence-corrected chi connectivity index (χ4v) is 2.01. The molecule has 4 nitrogen and oxygen atoms in total. The van der Waals surface area contributed by atoms with Gasteiger partial charge in [-0.25, -0.2) is 4.79 Å². The molecule has 0 amide bonds. The largest absolute Gasteiger partial charge is 0.457 e. The lowest BCUT2D eigenvalue weighted by molar-refractivity contribution is -0.141. The molecule has 5 heteroatoms. The lowest BCUT2D eigenvalue weighted by atomic mass is 10.0. The summed E-state index contributed by atoms with van der Waals surface area (Å²) in [6.07, 6.45) is 2.17. The van der Waals surface area contributed by atoms with Crippen LogP contribution in [0.2, 0.25) is 0 Å². The Hall–Kier alpha value is -2.01. The van der Waals surface area contributed by atoms with Crippen LogP contribution in [0.25, 0.3) is 0 Å². The molecule has 0 radical (unpaired) electrons. The molecule has 0 atom stereocenters. The lowest BCUT2D eigenvalue weighted by Gasteiger charge is -2.10. The normalized spacial score (nSPS) is 14.8. The van der Waals surface area contributed by atoms with E-state index in [2.05, 4.69) is 15.9 Å². The van der Waals surface area contributed by atoms with Gasteiger partial charge in [-0.3, -0.25) is 9.59 Å². The van der Waals surface area contributed by atoms with Crippen molar-refractivity contribution in [2.75, 3.05) is 0 Å². The van der Waals surface area contributed by atoms with Crippen LogP contribution in [0.4, 0.5) is 0 Å². The van der Waals surface area contributed by atoms with Crippen LogP contribution in [0.1, 0.15) is 5.56 Å². The summed E-state index contributed by atoms with van der Waals surface area (Å²) in [6.45, 7) is 0.0502. The molecule has 0 saturated heterocycles. The summed E-state index contributed by atoms with van der Waals surface area (Å²) in [4.78, 5) is 34.8. The van der Waals surface area contributed by atoms with Crippen molar-refractivity contribution < 1.29 is 19.1 Å². The molecule has 0 aromatic heterocycles. The van der Waals surface area contributed by atoms with E-state index in [-0.39, 0.29) is 16.7 Å². The Morgan fingerprint density at radius 1 is 1.05 bits per heavy atom. The van der Waals surface area contributed by atoms with Gasteiger partial charge in [0.15, 0.2) is 11.6 Å². The Bertz CT molecular complexity index is 599. The minimum absolute atomic E-state index is 0.0502. The first-order valence-electron chi connectivity index (χ1n) is 5.47. The van der Waals surface area contributed by atoms with Gasteiger partial charge in [-0.1, -0.05) is 30.3 Å². The first-order valence-corrected chi connectivity index (χ1v) is 6.26. The van der Waals surface area contributed by atoms with Crippen LogP contribution in [-0.2, 0) is 25.7 Å². The molecule has 0 aliphatic heterocycles. The van der Waals surface area contributed by atoms with Crippen molar-refractivity contribution in [1.82, 2.24) is 0 Å². The smallest absolute Gasteiger partial charge is 0.343 e. The Kier molecular flexibility index (Phi) is 4.06. The predicted octanol–water partition coefficient (Wildman–Crippen LogP) is 2.09. The zero-order valence-electron chi connectivity index (χ0n) is 9.76. The quantitative estimate of drug-likeness (QED) is 0.486. The minimum atomic E-state index is -0.807. The average Bonchev–Trinajstić information content (AvgIpc) is 2.42. The number of allylic oxidation sites excluding steroid dienone is 3. The van der Waals surface area contributed by atoms with E-state index in [0.29, 0.717) is 0 Å². The highest BCUT2D eigenvalue weighted by molar-refractivity contribution is 9.12. The number of carbonyl (C=O) groups excluding carboxylic acids is 3. The van der Waals surface area contributed by atoms with E-state index in [1.807, 2.05) is 18.2 Å². The summed E-state index contributed by atoms with van der Waals surface area (Å²) in [6, 6.07) is 9.07. The van der Waals surface area contributed by atoms with Crippen LogP contribution in [0.5, 0.6) is 0 Å². The molecular formula is C14H9BrO4. The van der Waals surface area contributed by atoms with Gasteiger partial charge in [0, 0.05) is 0 Å². The molecule has 0 heterocycles. The first-order chi connectivity index (χ1) is 9.09. The third-order valence-corrected chi connectivity index (χ3v) is 3.27. The maximum absolute atomic E-state index is 11.8. The summed E-state index contributed by atoms with van der Waals surface area (Å²) in [7, 11) is 0. The van der Waals surface area contributed by atoms with Crippen molar-refractivity contribution in [2.45, 2.75) is 6.61 Å². The van der Waals surface area contributed by atoms with E-state index in [0.717, 1.165) is 17.7 Å². The van der Waals surface area contributed by atoms with Crippen molar-refractivity contribution in [3.8, 4) is 0 Å². The Labute approximate surface area is 117 Å². The Morgan fingerprint density at radius 2 is 1.68 bits per heavy atom. The van der Waals surface area contributed by atoms with Crippen LogP contribution in [-0.4, -0.2) is 17.5 Å². The van der Waals surface area contributed by atoms with Gasteiger partial charge in [-0.15, -0.1) is 0 Å². The highest BCUT2D eigenvalue weighted by atomic mass is 79.9. The van der Waals surface area contributed by atoms with Crippen LogP contribution < -0.4 is 0 Å². The van der Waals surface area contributed by atoms with E-state index in [9.17, 15) is 14.4 Å². The van der Waals surface area contributed by atoms with Gasteiger partial charge in [0.1, 0.15) is 12.2 Å². The summed E-state index contributed by atoms with van der Waals surface area (Å²) in [5, 5.41) is 0. The molecule has 0 saturated carbocycles. The molecule has 96 valence electrons. The number of hydrogen-bond acceptors (Lipinski definition) is 4. The van der Waals surface area contributed by atoms with E-state index in [1.165, 1.54) is 0 Å². The number of halogens is 1. The van der Waals surface area contributed by atoms with Crippen molar-refractivity contribution in [2.24, 2.45) is 0 Å². The standard InChI is InChI=1S/C14H9BrO4/c15-13-11(17)7-6-10(16)12(13)14(18)19-8-9-4-2-1-3-5-9/h1-7H,8H2. The Morgan fingerprint density at radius 3 is 2.37 bits per heavy atom. The molecule has 1 aromatic rings. The van der Waals surface area contributed by atoms with E-state index in [4.69, 9.17) is 4.74 Å². The number of benzene rings is 1. The average molecular weight is 321 g/mol. The number of esters is 1. The van der Waals surface area contributed by atoms with Gasteiger partial charge in [-0.2, -0.15) is 0 Å². The van der Waals surface area contributed by atoms with Gasteiger partial charge in [0.05, 0.1) is 4.48 Å². The molecule has 19 heavy (non-hydrogen) atoms. The van der Waals surface area contributed by atoms with Gasteiger partial charge < -0.3 is 4.74 Å². The van der Waals surface area contributed by atoms with Crippen molar-refractivity contribution >= 4 is 33.5 Å². The van der Waals surface area contributed by atoms with E-state index in [1.54, 1.807) is 12.1 Å². The number of carbonyl (C=O) groups is 3. The number of ether oxygens (including phenoxy) is 1. The lowest BCUT2D eigenvalue weighted by Crippen LogP contribution is -2.20. The third-order valence-electron chi connectivity index (χ3n) is 2.49. The SMILES string of the molecule is O=C1C=CC(=O)C(C(=O)OCc2ccccc2)=C1Br. The topological polar surface area (TPSA) is 60.4 Å². The third kappa shape index (κ3) is 3.06. The van der Waals surface area contributed by atoms with Crippen LogP contribution in [0.15, 0.2) is 52.5 Å². The van der Waals surface area contributed by atoms with Gasteiger partial charge in [0.25, 0.3) is 0 Å². The number of rotatable bonds is 3. The Balaban J connectivity index is 2.10. The number of hydrogen-bond donors (Lipinski definition) is 0. The molecule has 0 spiro atoms. The summed E-state index contributed by atoms with van der Waals surface area (Å²) >= 11 is 2.94. The highest BCUT2D eigenvalue weighted by Crippen LogP contribution is 2.21. The fraction of sp³-hybridized carbons (Fsp3) is 0.0714. The molecule has 0 N–H and O–H groups in total. The van der Waals surface area contributed by atoms with Crippen LogP contribution in [0.3, 0.4) is 0 Å². The second-order valence-electron chi connectivity index (χ2n) is 3.81. The van der Waals surface area contributed by atoms with Crippen molar-refractivity contribution in [3.63, 3.8) is 0 Å². The molecule has 2 rings (SSSR count). The molecule has 1 aliphatic carbocycles. The van der Waals surface area contributed by atoms with Gasteiger partial charge in [-0.05, 0) is 33.6 Å². The maximum Gasteiger partial charge on any atom is 0.343 e. The first kappa shape index (κ1) is 13.4. The molecule has 0 bridgehead atoms. The van der Waals surface area contributed by atoms with Gasteiger partial charge in [0.2, 0.25) is 0 Å². The predicted molar refractivity (Wildman–Crippen MR) is 71.3 cm³/mol. The monoisotopic (exact) mass is 320 g/mol. The van der Waals surface area contributed by atoms with Crippen LogP contribution >= 0.6 is 15.9 Å². The fourth-order valence-electron chi connectivity index (χ4n) is 1.52. The van der Waals surface area contributed by atoms with E-state index >= 15 is 0 Å². The summed E-state index contributed by atoms with van der Waals surface area (Å²) in [5.74, 6) is -1.77. The van der Waals surface area contributed by atoms with Crippen molar-refractivity contribution in [1.29, 1.82) is 0 Å².